The molecule has 2 saturated heterocycles. The maximum Gasteiger partial charge on any atom is 0.327 e. The number of aryl methyl sites for hydroxylation is 1. The molecule has 3 aliphatic rings. The summed E-state index contributed by atoms with van der Waals surface area (Å²) in [7, 11) is -1.44. The first-order valence-corrected chi connectivity index (χ1v) is 14.7. The summed E-state index contributed by atoms with van der Waals surface area (Å²) >= 11 is 0. The molecule has 1 unspecified atom stereocenters. The zero-order valence-electron chi connectivity index (χ0n) is 22.0. The minimum Gasteiger partial charge on any atom is -0.495 e. The van der Waals surface area contributed by atoms with Gasteiger partial charge < -0.3 is 28.1 Å². The molecule has 0 aliphatic carbocycles. The average molecular weight is 553 g/mol. The molecule has 0 saturated carbocycles. The smallest absolute Gasteiger partial charge is 0.327 e. The Balaban J connectivity index is 1.39. The number of benzene rings is 2. The average Bonchev–Trinajstić information content (AvgIpc) is 3.37. The molecule has 9 nitrogen and oxygen atoms in total. The van der Waals surface area contributed by atoms with Crippen molar-refractivity contribution in [2.45, 2.75) is 19.4 Å². The topological polar surface area (TPSA) is 87.4 Å². The van der Waals surface area contributed by atoms with Crippen LogP contribution in [0.25, 0.3) is 11.8 Å². The Morgan fingerprint density at radius 3 is 2.64 bits per heavy atom. The van der Waals surface area contributed by atoms with Gasteiger partial charge in [-0.05, 0) is 60.4 Å². The number of imidazole rings is 1. The lowest BCUT2D eigenvalue weighted by atomic mass is 9.77. The number of fused-ring (bicyclic) bond motifs is 1. The van der Waals surface area contributed by atoms with E-state index in [4.69, 9.17) is 18.6 Å². The van der Waals surface area contributed by atoms with E-state index in [0.717, 1.165) is 28.1 Å². The summed E-state index contributed by atoms with van der Waals surface area (Å²) < 4.78 is 45.3. The lowest BCUT2D eigenvalue weighted by molar-refractivity contribution is -0.0256. The standard InChI is InChI=1S/C28H30FN4O5P/c1-19-13-32(18-30-19)24-9-4-20(11-26(24)35-2)10-22-12-28(16-37-39(3,34)38-17-28)15-33-25(14-36-31-27(22)33)21-5-7-23(29)8-6-21/h4-11,13,18,25H,12,14-17H2,1-3H3. The van der Waals surface area contributed by atoms with Gasteiger partial charge in [0.05, 0.1) is 44.1 Å². The second-order valence-corrected chi connectivity index (χ2v) is 12.5. The molecule has 0 bridgehead atoms. The van der Waals surface area contributed by atoms with Crippen molar-refractivity contribution in [3.05, 3.63) is 83.2 Å². The van der Waals surface area contributed by atoms with Crippen LogP contribution in [0.2, 0.25) is 0 Å². The second-order valence-electron chi connectivity index (χ2n) is 10.4. The predicted molar refractivity (Wildman–Crippen MR) is 145 cm³/mol. The van der Waals surface area contributed by atoms with Gasteiger partial charge in [0.2, 0.25) is 0 Å². The van der Waals surface area contributed by atoms with Gasteiger partial charge in [-0.2, -0.15) is 0 Å². The molecule has 11 heteroatoms. The van der Waals surface area contributed by atoms with Gasteiger partial charge in [0.1, 0.15) is 18.2 Å². The van der Waals surface area contributed by atoms with Crippen molar-refractivity contribution in [3.8, 4) is 11.4 Å². The van der Waals surface area contributed by atoms with Crippen molar-refractivity contribution in [2.75, 3.05) is 40.1 Å². The van der Waals surface area contributed by atoms with Crippen molar-refractivity contribution in [2.24, 2.45) is 10.6 Å². The van der Waals surface area contributed by atoms with E-state index >= 15 is 0 Å². The van der Waals surface area contributed by atoms with E-state index in [1.807, 2.05) is 35.9 Å². The Bertz CT molecular complexity index is 1490. The van der Waals surface area contributed by atoms with Gasteiger partial charge >= 0.3 is 7.60 Å². The first kappa shape index (κ1) is 25.8. The van der Waals surface area contributed by atoms with Gasteiger partial charge in [0.15, 0.2) is 5.84 Å². The zero-order valence-corrected chi connectivity index (χ0v) is 22.9. The van der Waals surface area contributed by atoms with Gasteiger partial charge in [-0.3, -0.25) is 4.57 Å². The number of nitrogens with zero attached hydrogens (tertiary/aromatic N) is 4. The zero-order chi connectivity index (χ0) is 27.2. The monoisotopic (exact) mass is 552 g/mol. The fourth-order valence-electron chi connectivity index (χ4n) is 5.40. The summed E-state index contributed by atoms with van der Waals surface area (Å²) in [5.74, 6) is 1.11. The molecule has 0 N–H and O–H groups in total. The van der Waals surface area contributed by atoms with Crippen LogP contribution in [0.4, 0.5) is 4.39 Å². The van der Waals surface area contributed by atoms with Gasteiger partial charge in [0, 0.05) is 24.8 Å². The largest absolute Gasteiger partial charge is 0.495 e. The molecule has 0 amide bonds. The van der Waals surface area contributed by atoms with Gasteiger partial charge in [-0.15, -0.1) is 0 Å². The lowest BCUT2D eigenvalue weighted by Gasteiger charge is -2.50. The molecule has 204 valence electrons. The minimum absolute atomic E-state index is 0.185. The number of amidine groups is 1. The number of aromatic nitrogens is 2. The number of hydrogen-bond acceptors (Lipinski definition) is 8. The molecule has 1 atom stereocenters. The fourth-order valence-corrected chi connectivity index (χ4v) is 6.49. The summed E-state index contributed by atoms with van der Waals surface area (Å²) in [6.07, 6.45) is 6.35. The fraction of sp³-hybridized carbons (Fsp3) is 0.357. The third-order valence-electron chi connectivity index (χ3n) is 7.39. The highest BCUT2D eigenvalue weighted by Gasteiger charge is 2.49. The molecular weight excluding hydrogens is 522 g/mol. The van der Waals surface area contributed by atoms with Gasteiger partial charge in [0.25, 0.3) is 0 Å². The van der Waals surface area contributed by atoms with Crippen molar-refractivity contribution >= 4 is 19.5 Å². The number of rotatable bonds is 4. The second kappa shape index (κ2) is 9.93. The van der Waals surface area contributed by atoms with Crippen LogP contribution in [0.1, 0.15) is 29.3 Å². The summed E-state index contributed by atoms with van der Waals surface area (Å²) in [6, 6.07) is 12.2. The first-order chi connectivity index (χ1) is 18.7. The summed E-state index contributed by atoms with van der Waals surface area (Å²) in [4.78, 5) is 12.2. The lowest BCUT2D eigenvalue weighted by Crippen LogP contribution is -2.55. The van der Waals surface area contributed by atoms with Crippen molar-refractivity contribution in [1.82, 2.24) is 14.5 Å². The number of methoxy groups -OCH3 is 1. The third kappa shape index (κ3) is 5.12. The molecule has 1 aromatic heterocycles. The normalized spacial score (nSPS) is 27.7. The Morgan fingerprint density at radius 1 is 1.18 bits per heavy atom. The molecule has 3 aromatic rings. The molecule has 0 radical (unpaired) electrons. The van der Waals surface area contributed by atoms with E-state index in [2.05, 4.69) is 21.1 Å². The van der Waals surface area contributed by atoms with Crippen molar-refractivity contribution in [3.63, 3.8) is 0 Å². The van der Waals surface area contributed by atoms with Crippen molar-refractivity contribution < 1.29 is 27.6 Å². The maximum absolute atomic E-state index is 13.7. The Labute approximate surface area is 226 Å². The highest BCUT2D eigenvalue weighted by molar-refractivity contribution is 7.53. The first-order valence-electron chi connectivity index (χ1n) is 12.7. The SMILES string of the molecule is COc1cc(C=C2CC3(COP(C)(=O)OC3)CN3C2=NOCC3c2ccc(F)cc2)ccc1-n1cnc(C)c1. The molecule has 4 heterocycles. The number of oxime groups is 1. The van der Waals surface area contributed by atoms with Crippen LogP contribution in [0.15, 0.2) is 65.7 Å². The van der Waals surface area contributed by atoms with Gasteiger partial charge in [-0.25, -0.2) is 9.37 Å². The molecule has 39 heavy (non-hydrogen) atoms. The summed E-state index contributed by atoms with van der Waals surface area (Å²) in [5, 5.41) is 4.46. The number of ether oxygens (including phenoxy) is 1. The summed E-state index contributed by atoms with van der Waals surface area (Å²) in [5.41, 5.74) is 4.12. The third-order valence-corrected chi connectivity index (χ3v) is 8.59. The van der Waals surface area contributed by atoms with Crippen LogP contribution < -0.4 is 4.74 Å². The van der Waals surface area contributed by atoms with Gasteiger partial charge in [-0.1, -0.05) is 23.4 Å². The number of piperidine rings is 1. The maximum atomic E-state index is 13.7. The van der Waals surface area contributed by atoms with Crippen LogP contribution in [-0.4, -0.2) is 60.4 Å². The summed E-state index contributed by atoms with van der Waals surface area (Å²) in [6.45, 7) is 4.91. The van der Waals surface area contributed by atoms with Crippen molar-refractivity contribution in [1.29, 1.82) is 0 Å². The van der Waals surface area contributed by atoms with E-state index < -0.39 is 13.0 Å². The molecule has 2 fully saturated rings. The van der Waals surface area contributed by atoms with Crippen LogP contribution in [-0.2, 0) is 18.5 Å². The predicted octanol–water partition coefficient (Wildman–Crippen LogP) is 5.36. The molecule has 3 aliphatic heterocycles. The van der Waals surface area contributed by atoms with E-state index in [-0.39, 0.29) is 11.9 Å². The van der Waals surface area contributed by atoms with Crippen LogP contribution in [0.5, 0.6) is 5.75 Å². The minimum atomic E-state index is -3.08. The quantitative estimate of drug-likeness (QED) is 0.403. The molecule has 6 rings (SSSR count). The van der Waals surface area contributed by atoms with Crippen LogP contribution in [0, 0.1) is 18.2 Å². The van der Waals surface area contributed by atoms with E-state index in [9.17, 15) is 8.96 Å². The Hall–Kier alpha value is -3.46. The molecular formula is C28H30FN4O5P. The van der Waals surface area contributed by atoms with Crippen LogP contribution >= 0.6 is 7.60 Å². The highest BCUT2D eigenvalue weighted by atomic mass is 31.2. The Morgan fingerprint density at radius 2 is 1.95 bits per heavy atom. The van der Waals surface area contributed by atoms with E-state index in [0.29, 0.717) is 44.4 Å². The van der Waals surface area contributed by atoms with Crippen LogP contribution in [0.3, 0.4) is 0 Å². The number of hydrogen-bond donors (Lipinski definition) is 0. The molecule has 1 spiro atoms. The highest BCUT2D eigenvalue weighted by Crippen LogP contribution is 2.54. The van der Waals surface area contributed by atoms with E-state index in [1.165, 1.54) is 18.8 Å². The molecule has 2 aromatic carbocycles. The number of halogens is 1. The van der Waals surface area contributed by atoms with E-state index in [1.54, 1.807) is 25.6 Å². The Kier molecular flexibility index (Phi) is 6.57.